The normalized spacial score (nSPS) is 16.0. The molecule has 0 radical (unpaired) electrons. The third-order valence-corrected chi connectivity index (χ3v) is 6.24. The lowest BCUT2D eigenvalue weighted by Gasteiger charge is -2.22. The molecule has 12 heteroatoms. The first-order chi connectivity index (χ1) is 18.2. The van der Waals surface area contributed by atoms with Crippen molar-refractivity contribution in [1.29, 1.82) is 0 Å². The first-order valence-corrected chi connectivity index (χ1v) is 12.7. The fraction of sp³-hybridized carbons (Fsp3) is 0.500. The van der Waals surface area contributed by atoms with Crippen molar-refractivity contribution in [3.8, 4) is 11.4 Å². The number of aryl methyl sites for hydroxylation is 1. The molecule has 0 aliphatic heterocycles. The molecule has 1 aliphatic carbocycles. The van der Waals surface area contributed by atoms with E-state index in [2.05, 4.69) is 36.3 Å². The minimum absolute atomic E-state index is 0.0651. The molecule has 38 heavy (non-hydrogen) atoms. The van der Waals surface area contributed by atoms with E-state index in [1.54, 1.807) is 6.92 Å². The fourth-order valence-corrected chi connectivity index (χ4v) is 4.13. The standard InChI is InChI=1S/C26H33N7O5/c1-16-30-32-25(33-31-16)20-9-6-18(7-10-20)15-28-26(38)21(5-3-4-12-27-17(2)34)29-24(37)14-19-8-11-22(35)23(36)13-19/h6-7,9-10,19,21H,3-5,8,11-15H2,1-2H3,(H,27,34)(H,28,38)(H,29,37). The average molecular weight is 524 g/mol. The zero-order chi connectivity index (χ0) is 27.5. The fourth-order valence-electron chi connectivity index (χ4n) is 4.13. The van der Waals surface area contributed by atoms with Gasteiger partial charge in [-0.05, 0) is 44.1 Å². The molecule has 3 rings (SSSR count). The van der Waals surface area contributed by atoms with Crippen molar-refractivity contribution >= 4 is 29.3 Å². The zero-order valence-electron chi connectivity index (χ0n) is 21.7. The van der Waals surface area contributed by atoms with Gasteiger partial charge in [-0.2, -0.15) is 0 Å². The second kappa shape index (κ2) is 14.0. The highest BCUT2D eigenvalue weighted by molar-refractivity contribution is 6.37. The van der Waals surface area contributed by atoms with Crippen LogP contribution in [0, 0.1) is 12.8 Å². The number of hydrogen-bond donors (Lipinski definition) is 3. The van der Waals surface area contributed by atoms with Crippen molar-refractivity contribution in [2.24, 2.45) is 5.92 Å². The third-order valence-electron chi connectivity index (χ3n) is 6.24. The van der Waals surface area contributed by atoms with Crippen molar-refractivity contribution in [3.05, 3.63) is 35.7 Å². The van der Waals surface area contributed by atoms with Gasteiger partial charge in [0, 0.05) is 44.8 Å². The Morgan fingerprint density at radius 2 is 1.68 bits per heavy atom. The van der Waals surface area contributed by atoms with Crippen LogP contribution in [0.15, 0.2) is 24.3 Å². The summed E-state index contributed by atoms with van der Waals surface area (Å²) < 4.78 is 0. The van der Waals surface area contributed by atoms with Gasteiger partial charge in [-0.25, -0.2) is 0 Å². The lowest BCUT2D eigenvalue weighted by Crippen LogP contribution is -2.47. The number of hydrogen-bond acceptors (Lipinski definition) is 9. The van der Waals surface area contributed by atoms with Crippen molar-refractivity contribution in [3.63, 3.8) is 0 Å². The monoisotopic (exact) mass is 523 g/mol. The molecular weight excluding hydrogens is 490 g/mol. The van der Waals surface area contributed by atoms with E-state index in [1.807, 2.05) is 24.3 Å². The zero-order valence-corrected chi connectivity index (χ0v) is 21.7. The maximum atomic E-state index is 13.0. The van der Waals surface area contributed by atoms with Gasteiger partial charge in [-0.3, -0.25) is 24.0 Å². The van der Waals surface area contributed by atoms with Gasteiger partial charge < -0.3 is 16.0 Å². The molecule has 1 aliphatic rings. The van der Waals surface area contributed by atoms with E-state index in [0.29, 0.717) is 43.9 Å². The van der Waals surface area contributed by atoms with Crippen LogP contribution < -0.4 is 16.0 Å². The van der Waals surface area contributed by atoms with E-state index < -0.39 is 11.8 Å². The number of nitrogens with zero attached hydrogens (tertiary/aromatic N) is 4. The van der Waals surface area contributed by atoms with Crippen molar-refractivity contribution < 1.29 is 24.0 Å². The lowest BCUT2D eigenvalue weighted by molar-refractivity contribution is -0.139. The van der Waals surface area contributed by atoms with Crippen LogP contribution in [0.5, 0.6) is 0 Å². The summed E-state index contributed by atoms with van der Waals surface area (Å²) in [5, 5.41) is 24.2. The van der Waals surface area contributed by atoms with Crippen molar-refractivity contribution in [2.45, 2.75) is 71.4 Å². The van der Waals surface area contributed by atoms with Crippen LogP contribution in [-0.2, 0) is 30.5 Å². The Balaban J connectivity index is 1.55. The molecule has 1 aromatic carbocycles. The first-order valence-electron chi connectivity index (χ1n) is 12.7. The van der Waals surface area contributed by atoms with E-state index in [9.17, 15) is 24.0 Å². The maximum absolute atomic E-state index is 13.0. The van der Waals surface area contributed by atoms with Crippen LogP contribution in [0.2, 0.25) is 0 Å². The highest BCUT2D eigenvalue weighted by Crippen LogP contribution is 2.22. The largest absolute Gasteiger partial charge is 0.356 e. The van der Waals surface area contributed by atoms with Crippen LogP contribution >= 0.6 is 0 Å². The Morgan fingerprint density at radius 1 is 0.974 bits per heavy atom. The van der Waals surface area contributed by atoms with Gasteiger partial charge in [-0.1, -0.05) is 24.3 Å². The minimum atomic E-state index is -0.766. The number of rotatable bonds is 12. The van der Waals surface area contributed by atoms with E-state index in [4.69, 9.17) is 0 Å². The molecule has 2 aromatic rings. The van der Waals surface area contributed by atoms with Crippen LogP contribution in [0.1, 0.15) is 63.3 Å². The first kappa shape index (κ1) is 28.5. The summed E-state index contributed by atoms with van der Waals surface area (Å²) in [5.74, 6) is -0.925. The Hall–Kier alpha value is -4.09. The molecule has 0 spiro atoms. The predicted molar refractivity (Wildman–Crippen MR) is 136 cm³/mol. The molecule has 1 heterocycles. The highest BCUT2D eigenvalue weighted by Gasteiger charge is 2.29. The molecule has 0 bridgehead atoms. The van der Waals surface area contributed by atoms with Gasteiger partial charge >= 0.3 is 0 Å². The molecule has 202 valence electrons. The lowest BCUT2D eigenvalue weighted by atomic mass is 9.85. The molecular formula is C26H33N7O5. The average Bonchev–Trinajstić information content (AvgIpc) is 2.89. The van der Waals surface area contributed by atoms with Crippen LogP contribution in [0.4, 0.5) is 0 Å². The summed E-state index contributed by atoms with van der Waals surface area (Å²) in [6, 6.07) is 6.53. The molecule has 1 fully saturated rings. The third kappa shape index (κ3) is 9.09. The summed E-state index contributed by atoms with van der Waals surface area (Å²) >= 11 is 0. The number of aromatic nitrogens is 4. The van der Waals surface area contributed by atoms with Gasteiger partial charge in [-0.15, -0.1) is 20.4 Å². The number of ketones is 2. The second-order valence-corrected chi connectivity index (χ2v) is 9.44. The van der Waals surface area contributed by atoms with Crippen LogP contribution in [0.3, 0.4) is 0 Å². The number of unbranched alkanes of at least 4 members (excludes halogenated alkanes) is 1. The molecule has 1 aromatic heterocycles. The summed E-state index contributed by atoms with van der Waals surface area (Å²) in [6.07, 6.45) is 2.46. The van der Waals surface area contributed by atoms with Gasteiger partial charge in [0.05, 0.1) is 0 Å². The number of carbonyl (C=O) groups is 5. The Bertz CT molecular complexity index is 1150. The number of benzene rings is 1. The Labute approximate surface area is 220 Å². The van der Waals surface area contributed by atoms with Crippen LogP contribution in [-0.4, -0.2) is 62.3 Å². The van der Waals surface area contributed by atoms with Gasteiger partial charge in [0.25, 0.3) is 0 Å². The molecule has 3 N–H and O–H groups in total. The minimum Gasteiger partial charge on any atom is -0.356 e. The highest BCUT2D eigenvalue weighted by atomic mass is 16.2. The van der Waals surface area contributed by atoms with Crippen molar-refractivity contribution in [1.82, 2.24) is 36.3 Å². The van der Waals surface area contributed by atoms with E-state index >= 15 is 0 Å². The molecule has 2 atom stereocenters. The van der Waals surface area contributed by atoms with E-state index in [1.165, 1.54) is 6.92 Å². The van der Waals surface area contributed by atoms with Gasteiger partial charge in [0.2, 0.25) is 23.5 Å². The summed E-state index contributed by atoms with van der Waals surface area (Å²) in [6.45, 7) is 3.88. The second-order valence-electron chi connectivity index (χ2n) is 9.44. The number of nitrogens with one attached hydrogen (secondary N) is 3. The predicted octanol–water partition coefficient (Wildman–Crippen LogP) is 0.978. The smallest absolute Gasteiger partial charge is 0.242 e. The maximum Gasteiger partial charge on any atom is 0.242 e. The van der Waals surface area contributed by atoms with Gasteiger partial charge in [0.15, 0.2) is 17.4 Å². The summed E-state index contributed by atoms with van der Waals surface area (Å²) in [4.78, 5) is 59.9. The molecule has 1 saturated carbocycles. The van der Waals surface area contributed by atoms with Crippen molar-refractivity contribution in [2.75, 3.05) is 6.54 Å². The summed E-state index contributed by atoms with van der Waals surface area (Å²) in [5.41, 5.74) is 1.59. The SMILES string of the molecule is CC(=O)NCCCCC(NC(=O)CC1CCC(=O)C(=O)C1)C(=O)NCc1ccc(-c2nnc(C)nn2)cc1. The molecule has 0 saturated heterocycles. The van der Waals surface area contributed by atoms with E-state index in [0.717, 1.165) is 11.1 Å². The Kier molecular flexibility index (Phi) is 10.5. The summed E-state index contributed by atoms with van der Waals surface area (Å²) in [7, 11) is 0. The Morgan fingerprint density at radius 3 is 2.34 bits per heavy atom. The number of amides is 3. The number of carbonyl (C=O) groups excluding carboxylic acids is 5. The molecule has 12 nitrogen and oxygen atoms in total. The van der Waals surface area contributed by atoms with Gasteiger partial charge in [0.1, 0.15) is 6.04 Å². The van der Waals surface area contributed by atoms with E-state index in [-0.39, 0.29) is 55.2 Å². The topological polar surface area (TPSA) is 173 Å². The molecule has 3 amide bonds. The molecule has 2 unspecified atom stereocenters. The quantitative estimate of drug-likeness (QED) is 0.271. The van der Waals surface area contributed by atoms with Crippen LogP contribution in [0.25, 0.3) is 11.4 Å². The number of Topliss-reactive ketones (excluding diaryl/α,β-unsaturated/α-hetero) is 2.